The summed E-state index contributed by atoms with van der Waals surface area (Å²) >= 11 is 6.25. The second-order valence-corrected chi connectivity index (χ2v) is 11.4. The van der Waals surface area contributed by atoms with Gasteiger partial charge in [0.15, 0.2) is 5.76 Å². The number of anilines is 1. The molecule has 0 radical (unpaired) electrons. The number of aromatic nitrogens is 1. The Hall–Kier alpha value is -3.38. The molecule has 2 aromatic carbocycles. The van der Waals surface area contributed by atoms with Crippen LogP contribution in [0.2, 0.25) is 0 Å². The van der Waals surface area contributed by atoms with E-state index in [2.05, 4.69) is 53.8 Å². The molecule has 1 unspecified atom stereocenters. The van der Waals surface area contributed by atoms with Crippen LogP contribution in [0.25, 0.3) is 22.5 Å². The molecule has 210 valence electrons. The van der Waals surface area contributed by atoms with Crippen LogP contribution in [-0.2, 0) is 14.9 Å². The van der Waals surface area contributed by atoms with Gasteiger partial charge in [0.1, 0.15) is 17.2 Å². The van der Waals surface area contributed by atoms with Crippen molar-refractivity contribution in [2.24, 2.45) is 0 Å². The van der Waals surface area contributed by atoms with E-state index in [0.29, 0.717) is 48.7 Å². The monoisotopic (exact) mass is 562 g/mol. The van der Waals surface area contributed by atoms with Crippen LogP contribution in [0.5, 0.6) is 0 Å². The Morgan fingerprint density at radius 1 is 1.12 bits per heavy atom. The number of ether oxygens (including phenoxy) is 1. The first-order valence-corrected chi connectivity index (χ1v) is 14.5. The van der Waals surface area contributed by atoms with Crippen LogP contribution in [0.15, 0.2) is 75.6 Å². The maximum Gasteiger partial charge on any atom is 0.306 e. The molecule has 2 aliphatic rings. The van der Waals surface area contributed by atoms with Crippen molar-refractivity contribution in [2.45, 2.75) is 77.2 Å². The normalized spacial score (nSPS) is 16.9. The van der Waals surface area contributed by atoms with Gasteiger partial charge in [-0.05, 0) is 69.6 Å². The number of hydrogen-bond acceptors (Lipinski definition) is 5. The molecule has 1 N–H and O–H groups in total. The lowest BCUT2D eigenvalue weighted by Gasteiger charge is -2.18. The Kier molecular flexibility index (Phi) is 8.46. The summed E-state index contributed by atoms with van der Waals surface area (Å²) in [5.41, 5.74) is 6.51. The number of carbonyl (C=O) groups excluding carboxylic acids is 1. The molecule has 40 heavy (non-hydrogen) atoms. The number of hydrogen-bond donors (Lipinski definition) is 1. The van der Waals surface area contributed by atoms with Gasteiger partial charge in [0.05, 0.1) is 13.0 Å². The van der Waals surface area contributed by atoms with Crippen LogP contribution >= 0.6 is 11.6 Å². The summed E-state index contributed by atoms with van der Waals surface area (Å²) in [6.45, 7) is 6.24. The summed E-state index contributed by atoms with van der Waals surface area (Å²) in [4.78, 5) is 12.1. The zero-order chi connectivity index (χ0) is 28.3. The zero-order valence-electron chi connectivity index (χ0n) is 23.4. The molecule has 0 aliphatic heterocycles. The number of nitrogens with one attached hydrogen (secondary N) is 1. The third-order valence-electron chi connectivity index (χ3n) is 8.00. The predicted molar refractivity (Wildman–Crippen MR) is 158 cm³/mol. The van der Waals surface area contributed by atoms with Crippen LogP contribution < -0.4 is 5.32 Å². The van der Waals surface area contributed by atoms with Gasteiger partial charge in [-0.3, -0.25) is 4.79 Å². The van der Waals surface area contributed by atoms with Gasteiger partial charge in [-0.15, -0.1) is 0 Å². The van der Waals surface area contributed by atoms with Crippen molar-refractivity contribution in [1.82, 2.24) is 5.16 Å². The fourth-order valence-corrected chi connectivity index (χ4v) is 5.74. The van der Waals surface area contributed by atoms with Crippen molar-refractivity contribution >= 4 is 23.3 Å². The molecule has 7 heteroatoms. The first-order chi connectivity index (χ1) is 19.3. The minimum atomic E-state index is -0.123. The fourth-order valence-electron chi connectivity index (χ4n) is 5.44. The molecule has 2 aliphatic carbocycles. The molecular formula is C33H36ClFN2O3. The summed E-state index contributed by atoms with van der Waals surface area (Å²) in [7, 11) is 0. The molecule has 0 bridgehead atoms. The highest BCUT2D eigenvalue weighted by Crippen LogP contribution is 2.51. The highest BCUT2D eigenvalue weighted by molar-refractivity contribution is 6.32. The number of halogens is 2. The molecule has 0 saturated heterocycles. The minimum absolute atomic E-state index is 0.0657. The Balaban J connectivity index is 1.25. The third kappa shape index (κ3) is 6.17. The molecule has 0 amide bonds. The van der Waals surface area contributed by atoms with E-state index >= 15 is 0 Å². The average Bonchev–Trinajstić information content (AvgIpc) is 3.64. The lowest BCUT2D eigenvalue weighted by Crippen LogP contribution is -2.16. The maximum absolute atomic E-state index is 14.3. The molecule has 1 fully saturated rings. The number of carbonyl (C=O) groups is 1. The van der Waals surface area contributed by atoms with Gasteiger partial charge in [0.2, 0.25) is 0 Å². The van der Waals surface area contributed by atoms with Gasteiger partial charge in [0, 0.05) is 34.0 Å². The Bertz CT molecular complexity index is 1420. The van der Waals surface area contributed by atoms with Gasteiger partial charge in [-0.1, -0.05) is 71.4 Å². The molecule has 1 heterocycles. The van der Waals surface area contributed by atoms with Gasteiger partial charge in [-0.25, -0.2) is 4.39 Å². The molecule has 1 atom stereocenters. The number of benzene rings is 2. The SMILES string of the molecule is CCOC(=O)CC1(c2ccc(-c3ccc(-c4onc(C)c4NC(C)CCC4=C(F)CCC=C4Cl)cc3)cc2)CC1. The van der Waals surface area contributed by atoms with Crippen molar-refractivity contribution in [2.75, 3.05) is 11.9 Å². The van der Waals surface area contributed by atoms with Crippen LogP contribution in [0.3, 0.4) is 0 Å². The number of nitrogens with zero attached hydrogens (tertiary/aromatic N) is 1. The van der Waals surface area contributed by atoms with Gasteiger partial charge >= 0.3 is 5.97 Å². The van der Waals surface area contributed by atoms with Crippen molar-refractivity contribution in [3.8, 4) is 22.5 Å². The number of rotatable bonds is 11. The van der Waals surface area contributed by atoms with E-state index in [1.807, 2.05) is 32.1 Å². The van der Waals surface area contributed by atoms with Crippen LogP contribution in [-0.4, -0.2) is 23.8 Å². The average molecular weight is 563 g/mol. The first kappa shape index (κ1) is 28.2. The van der Waals surface area contributed by atoms with E-state index in [1.54, 1.807) is 0 Å². The largest absolute Gasteiger partial charge is 0.466 e. The number of esters is 1. The molecule has 5 rings (SSSR count). The fraction of sp³-hybridized carbons (Fsp3) is 0.394. The lowest BCUT2D eigenvalue weighted by molar-refractivity contribution is -0.143. The molecule has 1 saturated carbocycles. The van der Waals surface area contributed by atoms with E-state index in [-0.39, 0.29) is 23.3 Å². The summed E-state index contributed by atoms with van der Waals surface area (Å²) in [5.74, 6) is 0.463. The predicted octanol–water partition coefficient (Wildman–Crippen LogP) is 9.02. The first-order valence-electron chi connectivity index (χ1n) is 14.1. The van der Waals surface area contributed by atoms with E-state index in [4.69, 9.17) is 20.9 Å². The van der Waals surface area contributed by atoms with Gasteiger partial charge < -0.3 is 14.6 Å². The minimum Gasteiger partial charge on any atom is -0.466 e. The standard InChI is InChI=1S/C33H36ClFN2O3/c1-4-39-30(38)20-33(18-19-33)26-15-13-24(14-16-26)23-9-11-25(12-10-23)32-31(22(3)37-40-32)36-21(2)8-17-27-28(34)6-5-7-29(27)35/h6,9-16,21,36H,4-5,7-8,17-20H2,1-3H3. The molecular weight excluding hydrogens is 527 g/mol. The molecule has 1 aromatic heterocycles. The molecule has 0 spiro atoms. The van der Waals surface area contributed by atoms with Gasteiger partial charge in [0.25, 0.3) is 0 Å². The Morgan fingerprint density at radius 3 is 2.40 bits per heavy atom. The van der Waals surface area contributed by atoms with Gasteiger partial charge in [-0.2, -0.15) is 0 Å². The summed E-state index contributed by atoms with van der Waals surface area (Å²) < 4.78 is 25.2. The second-order valence-electron chi connectivity index (χ2n) is 10.9. The summed E-state index contributed by atoms with van der Waals surface area (Å²) in [6.07, 6.45) is 6.77. The highest BCUT2D eigenvalue weighted by Gasteiger charge is 2.46. The Labute approximate surface area is 240 Å². The maximum atomic E-state index is 14.3. The number of aryl methyl sites for hydroxylation is 1. The summed E-state index contributed by atoms with van der Waals surface area (Å²) in [6, 6.07) is 16.8. The van der Waals surface area contributed by atoms with Crippen molar-refractivity contribution < 1.29 is 18.4 Å². The summed E-state index contributed by atoms with van der Waals surface area (Å²) in [5, 5.41) is 8.26. The molecule has 3 aromatic rings. The van der Waals surface area contributed by atoms with Crippen LogP contribution in [0.1, 0.15) is 70.1 Å². The zero-order valence-corrected chi connectivity index (χ0v) is 24.1. The third-order valence-corrected chi connectivity index (χ3v) is 8.39. The van der Waals surface area contributed by atoms with Crippen molar-refractivity contribution in [3.05, 3.63) is 82.3 Å². The smallest absolute Gasteiger partial charge is 0.306 e. The lowest BCUT2D eigenvalue weighted by atomic mass is 9.91. The second kappa shape index (κ2) is 12.0. The highest BCUT2D eigenvalue weighted by atomic mass is 35.5. The molecule has 5 nitrogen and oxygen atoms in total. The van der Waals surface area contributed by atoms with E-state index in [1.165, 1.54) is 5.56 Å². The van der Waals surface area contributed by atoms with Crippen molar-refractivity contribution in [3.63, 3.8) is 0 Å². The topological polar surface area (TPSA) is 64.4 Å². The van der Waals surface area contributed by atoms with Crippen molar-refractivity contribution in [1.29, 1.82) is 0 Å². The van der Waals surface area contributed by atoms with E-state index < -0.39 is 0 Å². The van der Waals surface area contributed by atoms with Crippen LogP contribution in [0.4, 0.5) is 10.1 Å². The van der Waals surface area contributed by atoms with E-state index in [9.17, 15) is 9.18 Å². The number of allylic oxidation sites excluding steroid dienone is 4. The quantitative estimate of drug-likeness (QED) is 0.236. The van der Waals surface area contributed by atoms with Crippen LogP contribution in [0, 0.1) is 6.92 Å². The Morgan fingerprint density at radius 2 is 1.77 bits per heavy atom. The van der Waals surface area contributed by atoms with E-state index in [0.717, 1.165) is 47.3 Å².